The van der Waals surface area contributed by atoms with Gasteiger partial charge in [0.05, 0.1) is 0 Å². The number of hydrogen-bond donors (Lipinski definition) is 1. The average molecular weight is 339 g/mol. The van der Waals surface area contributed by atoms with Gasteiger partial charge in [0.15, 0.2) is 0 Å². The summed E-state index contributed by atoms with van der Waals surface area (Å²) in [5, 5.41) is 9.80. The van der Waals surface area contributed by atoms with Crippen LogP contribution in [0.1, 0.15) is 31.9 Å². The smallest absolute Gasteiger partial charge is 0.326 e. The van der Waals surface area contributed by atoms with E-state index in [9.17, 15) is 14.7 Å². The maximum Gasteiger partial charge on any atom is 0.326 e. The van der Waals surface area contributed by atoms with Gasteiger partial charge in [-0.3, -0.25) is 4.79 Å². The number of carbonyl (C=O) groups excluding carboxylic acids is 1. The van der Waals surface area contributed by atoms with Gasteiger partial charge in [-0.1, -0.05) is 81.4 Å². The second kappa shape index (κ2) is 7.97. The van der Waals surface area contributed by atoms with Crippen molar-refractivity contribution in [2.75, 3.05) is 0 Å². The van der Waals surface area contributed by atoms with Crippen molar-refractivity contribution in [3.05, 3.63) is 71.8 Å². The van der Waals surface area contributed by atoms with Gasteiger partial charge in [-0.15, -0.1) is 0 Å². The zero-order valence-corrected chi connectivity index (χ0v) is 15.0. The molecule has 0 saturated heterocycles. The van der Waals surface area contributed by atoms with E-state index in [0.29, 0.717) is 0 Å². The zero-order valence-electron chi connectivity index (χ0n) is 15.0. The molecule has 0 bridgehead atoms. The molecular weight excluding hydrogens is 314 g/mol. The fourth-order valence-corrected chi connectivity index (χ4v) is 2.70. The van der Waals surface area contributed by atoms with Crippen molar-refractivity contribution in [3.8, 4) is 0 Å². The van der Waals surface area contributed by atoms with Crippen LogP contribution in [0, 0.1) is 5.41 Å². The molecule has 1 amide bonds. The quantitative estimate of drug-likeness (QED) is 0.872. The summed E-state index contributed by atoms with van der Waals surface area (Å²) in [5.41, 5.74) is 1.16. The van der Waals surface area contributed by atoms with Crippen LogP contribution in [0.2, 0.25) is 0 Å². The van der Waals surface area contributed by atoms with Crippen molar-refractivity contribution < 1.29 is 14.7 Å². The molecule has 4 nitrogen and oxygen atoms in total. The van der Waals surface area contributed by atoms with E-state index < -0.39 is 17.4 Å². The van der Waals surface area contributed by atoms with Gasteiger partial charge in [0.2, 0.25) is 5.91 Å². The monoisotopic (exact) mass is 339 g/mol. The predicted molar refractivity (Wildman–Crippen MR) is 98.0 cm³/mol. The molecule has 0 aromatic heterocycles. The van der Waals surface area contributed by atoms with Crippen molar-refractivity contribution in [1.82, 2.24) is 4.90 Å². The first kappa shape index (κ1) is 18.7. The number of benzene rings is 2. The third kappa shape index (κ3) is 5.18. The SMILES string of the molecule is CC(C)(C)C(=O)N(Cc1ccccc1)[C@@H](Cc1ccccc1)C(=O)O. The van der Waals surface area contributed by atoms with Crippen LogP contribution >= 0.6 is 0 Å². The molecule has 0 aliphatic heterocycles. The fraction of sp³-hybridized carbons (Fsp3) is 0.333. The number of nitrogens with zero attached hydrogens (tertiary/aromatic N) is 1. The van der Waals surface area contributed by atoms with Gasteiger partial charge in [0, 0.05) is 18.4 Å². The van der Waals surface area contributed by atoms with Crippen LogP contribution in [0.5, 0.6) is 0 Å². The summed E-state index contributed by atoms with van der Waals surface area (Å²) in [6, 6.07) is 18.0. The highest BCUT2D eigenvalue weighted by atomic mass is 16.4. The Labute approximate surface area is 149 Å². The maximum absolute atomic E-state index is 13.0. The number of carboxylic acids is 1. The number of amides is 1. The first-order chi connectivity index (χ1) is 11.8. The van der Waals surface area contributed by atoms with Gasteiger partial charge >= 0.3 is 5.97 Å². The van der Waals surface area contributed by atoms with E-state index in [1.807, 2.05) is 81.4 Å². The lowest BCUT2D eigenvalue weighted by Crippen LogP contribution is -2.49. The zero-order chi connectivity index (χ0) is 18.4. The Kier molecular flexibility index (Phi) is 5.97. The van der Waals surface area contributed by atoms with Crippen molar-refractivity contribution in [2.45, 2.75) is 39.8 Å². The molecule has 25 heavy (non-hydrogen) atoms. The molecular formula is C21H25NO3. The minimum absolute atomic E-state index is 0.167. The van der Waals surface area contributed by atoms with Crippen LogP contribution in [-0.4, -0.2) is 27.9 Å². The van der Waals surface area contributed by atoms with Crippen molar-refractivity contribution in [1.29, 1.82) is 0 Å². The van der Waals surface area contributed by atoms with E-state index in [0.717, 1.165) is 11.1 Å². The predicted octanol–water partition coefficient (Wildman–Crippen LogP) is 3.76. The Morgan fingerprint density at radius 1 is 0.920 bits per heavy atom. The molecule has 2 aromatic rings. The molecule has 1 atom stereocenters. The number of rotatable bonds is 6. The van der Waals surface area contributed by atoms with E-state index in [1.165, 1.54) is 4.90 Å². The van der Waals surface area contributed by atoms with Crippen molar-refractivity contribution in [3.63, 3.8) is 0 Å². The van der Waals surface area contributed by atoms with Crippen molar-refractivity contribution in [2.24, 2.45) is 5.41 Å². The molecule has 0 aliphatic carbocycles. The number of aliphatic carboxylic acids is 1. The van der Waals surface area contributed by atoms with Gasteiger partial charge in [-0.2, -0.15) is 0 Å². The summed E-state index contributed by atoms with van der Waals surface area (Å²) in [7, 11) is 0. The highest BCUT2D eigenvalue weighted by molar-refractivity contribution is 5.87. The van der Waals surface area contributed by atoms with E-state index >= 15 is 0 Å². The largest absolute Gasteiger partial charge is 0.480 e. The van der Waals surface area contributed by atoms with Gasteiger partial charge in [-0.25, -0.2) is 4.79 Å². The number of hydrogen-bond acceptors (Lipinski definition) is 2. The van der Waals surface area contributed by atoms with E-state index in [-0.39, 0.29) is 18.9 Å². The molecule has 1 N–H and O–H groups in total. The average Bonchev–Trinajstić information content (AvgIpc) is 2.58. The summed E-state index contributed by atoms with van der Waals surface area (Å²) in [6.07, 6.45) is 0.283. The summed E-state index contributed by atoms with van der Waals surface area (Å²) in [6.45, 7) is 5.72. The third-order valence-corrected chi connectivity index (χ3v) is 4.03. The fourth-order valence-electron chi connectivity index (χ4n) is 2.70. The minimum atomic E-state index is -0.989. The summed E-state index contributed by atoms with van der Waals surface area (Å²) >= 11 is 0. The molecule has 0 radical (unpaired) electrons. The lowest BCUT2D eigenvalue weighted by atomic mass is 9.92. The Bertz CT molecular complexity index is 705. The minimum Gasteiger partial charge on any atom is -0.480 e. The summed E-state index contributed by atoms with van der Waals surface area (Å²) in [5.74, 6) is -1.16. The standard InChI is InChI=1S/C21H25NO3/c1-21(2,3)20(25)22(15-17-12-8-5-9-13-17)18(19(23)24)14-16-10-6-4-7-11-16/h4-13,18H,14-15H2,1-3H3,(H,23,24)/t18-/m0/s1. The molecule has 0 fully saturated rings. The van der Waals surface area contributed by atoms with Gasteiger partial charge in [0.25, 0.3) is 0 Å². The van der Waals surface area contributed by atoms with Gasteiger partial charge in [0.1, 0.15) is 6.04 Å². The molecule has 132 valence electrons. The first-order valence-electron chi connectivity index (χ1n) is 8.41. The highest BCUT2D eigenvalue weighted by Gasteiger charge is 2.35. The second-order valence-corrected chi connectivity index (χ2v) is 7.21. The Morgan fingerprint density at radius 2 is 1.40 bits per heavy atom. The lowest BCUT2D eigenvalue weighted by molar-refractivity contribution is -0.154. The number of carbonyl (C=O) groups is 2. The molecule has 4 heteroatoms. The van der Waals surface area contributed by atoms with Crippen LogP contribution in [-0.2, 0) is 22.6 Å². The van der Waals surface area contributed by atoms with Crippen LogP contribution in [0.3, 0.4) is 0 Å². The third-order valence-electron chi connectivity index (χ3n) is 4.03. The molecule has 2 aromatic carbocycles. The maximum atomic E-state index is 13.0. The van der Waals surface area contributed by atoms with E-state index in [2.05, 4.69) is 0 Å². The summed E-state index contributed by atoms with van der Waals surface area (Å²) in [4.78, 5) is 26.4. The van der Waals surface area contributed by atoms with Crippen LogP contribution in [0.25, 0.3) is 0 Å². The molecule has 0 aliphatic rings. The molecule has 0 spiro atoms. The Hall–Kier alpha value is -2.62. The molecule has 0 heterocycles. The van der Waals surface area contributed by atoms with Gasteiger partial charge in [-0.05, 0) is 11.1 Å². The van der Waals surface area contributed by atoms with Crippen LogP contribution < -0.4 is 0 Å². The van der Waals surface area contributed by atoms with Gasteiger partial charge < -0.3 is 10.0 Å². The normalized spacial score (nSPS) is 12.4. The Balaban J connectivity index is 2.35. The topological polar surface area (TPSA) is 57.6 Å². The Morgan fingerprint density at radius 3 is 1.84 bits per heavy atom. The lowest BCUT2D eigenvalue weighted by Gasteiger charge is -2.34. The van der Waals surface area contributed by atoms with Crippen LogP contribution in [0.4, 0.5) is 0 Å². The summed E-state index contributed by atoms with van der Waals surface area (Å²) < 4.78 is 0. The molecule has 2 rings (SSSR count). The highest BCUT2D eigenvalue weighted by Crippen LogP contribution is 2.23. The first-order valence-corrected chi connectivity index (χ1v) is 8.41. The van der Waals surface area contributed by atoms with Crippen LogP contribution in [0.15, 0.2) is 60.7 Å². The molecule has 0 unspecified atom stereocenters. The molecule has 0 saturated carbocycles. The van der Waals surface area contributed by atoms with E-state index in [1.54, 1.807) is 0 Å². The van der Waals surface area contributed by atoms with E-state index in [4.69, 9.17) is 0 Å². The van der Waals surface area contributed by atoms with Crippen molar-refractivity contribution >= 4 is 11.9 Å². The second-order valence-electron chi connectivity index (χ2n) is 7.21. The number of carboxylic acid groups (broad SMARTS) is 1.